The third-order valence-corrected chi connectivity index (χ3v) is 2.96. The summed E-state index contributed by atoms with van der Waals surface area (Å²) in [6.45, 7) is 0.423. The van der Waals surface area contributed by atoms with Gasteiger partial charge in [-0.25, -0.2) is 0 Å². The van der Waals surface area contributed by atoms with Gasteiger partial charge in [0, 0.05) is 22.4 Å². The zero-order chi connectivity index (χ0) is 13.0. The molecule has 0 saturated carbocycles. The van der Waals surface area contributed by atoms with Gasteiger partial charge < -0.3 is 10.5 Å². The molecule has 0 aliphatic heterocycles. The Labute approximate surface area is 119 Å². The summed E-state index contributed by atoms with van der Waals surface area (Å²) >= 11 is 8.35. The summed E-state index contributed by atoms with van der Waals surface area (Å²) in [5.41, 5.74) is 7.36. The number of para-hydroxylation sites is 1. The molecule has 0 spiro atoms. The van der Waals surface area contributed by atoms with Gasteiger partial charge in [0.2, 0.25) is 0 Å². The molecule has 0 atom stereocenters. The predicted octanol–water partition coefficient (Wildman–Crippen LogP) is 3.06. The Balaban J connectivity index is 2.13. The molecule has 0 fully saturated rings. The quantitative estimate of drug-likeness (QED) is 0.879. The van der Waals surface area contributed by atoms with Crippen LogP contribution in [-0.2, 0) is 6.61 Å². The van der Waals surface area contributed by atoms with Crippen molar-refractivity contribution in [2.24, 2.45) is 5.73 Å². The van der Waals surface area contributed by atoms with Gasteiger partial charge in [-0.2, -0.15) is 0 Å². The lowest BCUT2D eigenvalue weighted by Gasteiger charge is -2.10. The Hall–Kier alpha value is -1.46. The molecule has 0 amide bonds. The monoisotopic (exact) mass is 322 g/mol. The van der Waals surface area contributed by atoms with Gasteiger partial charge in [0.15, 0.2) is 0 Å². The molecular formula is C13H11BrN2OS. The number of aromatic nitrogens is 1. The highest BCUT2D eigenvalue weighted by molar-refractivity contribution is 9.10. The van der Waals surface area contributed by atoms with Gasteiger partial charge >= 0.3 is 0 Å². The second-order valence-corrected chi connectivity index (χ2v) is 5.02. The summed E-state index contributed by atoms with van der Waals surface area (Å²) in [5, 5.41) is 0. The maximum absolute atomic E-state index is 5.71. The van der Waals surface area contributed by atoms with Crippen molar-refractivity contribution in [3.05, 3.63) is 58.3 Å². The van der Waals surface area contributed by atoms with Crippen LogP contribution < -0.4 is 10.5 Å². The molecule has 18 heavy (non-hydrogen) atoms. The Morgan fingerprint density at radius 3 is 2.83 bits per heavy atom. The van der Waals surface area contributed by atoms with Crippen LogP contribution in [0.4, 0.5) is 0 Å². The van der Waals surface area contributed by atoms with Crippen molar-refractivity contribution in [2.45, 2.75) is 6.61 Å². The van der Waals surface area contributed by atoms with Gasteiger partial charge in [0.1, 0.15) is 17.3 Å². The number of hydrogen-bond acceptors (Lipinski definition) is 3. The molecule has 3 nitrogen and oxygen atoms in total. The number of rotatable bonds is 4. The fraction of sp³-hybridized carbons (Fsp3) is 0.0769. The van der Waals surface area contributed by atoms with Crippen molar-refractivity contribution >= 4 is 33.1 Å². The van der Waals surface area contributed by atoms with Crippen molar-refractivity contribution < 1.29 is 4.74 Å². The van der Waals surface area contributed by atoms with E-state index in [4.69, 9.17) is 22.7 Å². The topological polar surface area (TPSA) is 48.1 Å². The van der Waals surface area contributed by atoms with E-state index in [1.54, 1.807) is 12.4 Å². The number of hydrogen-bond donors (Lipinski definition) is 1. The first-order chi connectivity index (χ1) is 8.66. The summed E-state index contributed by atoms with van der Waals surface area (Å²) in [6.07, 6.45) is 3.49. The Kier molecular flexibility index (Phi) is 4.28. The molecule has 0 radical (unpaired) electrons. The van der Waals surface area contributed by atoms with Gasteiger partial charge in [-0.05, 0) is 34.1 Å². The Morgan fingerprint density at radius 2 is 2.11 bits per heavy atom. The maximum atomic E-state index is 5.71. The highest BCUT2D eigenvalue weighted by atomic mass is 79.9. The van der Waals surface area contributed by atoms with Crippen LogP contribution in [0.25, 0.3) is 0 Å². The highest BCUT2D eigenvalue weighted by Crippen LogP contribution is 2.19. The summed E-state index contributed by atoms with van der Waals surface area (Å²) < 4.78 is 6.63. The van der Waals surface area contributed by atoms with Gasteiger partial charge in [-0.1, -0.05) is 24.4 Å². The number of benzene rings is 1. The van der Waals surface area contributed by atoms with Crippen LogP contribution >= 0.6 is 28.1 Å². The van der Waals surface area contributed by atoms with Crippen LogP contribution in [0.3, 0.4) is 0 Å². The summed E-state index contributed by atoms with van der Waals surface area (Å²) in [7, 11) is 0. The van der Waals surface area contributed by atoms with Gasteiger partial charge in [0.05, 0.1) is 5.56 Å². The zero-order valence-electron chi connectivity index (χ0n) is 9.47. The van der Waals surface area contributed by atoms with Crippen LogP contribution in [0.1, 0.15) is 11.1 Å². The number of pyridine rings is 1. The van der Waals surface area contributed by atoms with Crippen LogP contribution in [0.15, 0.2) is 47.2 Å². The fourth-order valence-electron chi connectivity index (χ4n) is 1.49. The van der Waals surface area contributed by atoms with E-state index in [-0.39, 0.29) is 0 Å². The van der Waals surface area contributed by atoms with Crippen molar-refractivity contribution in [3.63, 3.8) is 0 Å². The first-order valence-electron chi connectivity index (χ1n) is 5.28. The first-order valence-corrected chi connectivity index (χ1v) is 6.48. The van der Waals surface area contributed by atoms with Crippen molar-refractivity contribution in [1.29, 1.82) is 0 Å². The third kappa shape index (κ3) is 3.27. The van der Waals surface area contributed by atoms with Crippen LogP contribution in [-0.4, -0.2) is 9.97 Å². The maximum Gasteiger partial charge on any atom is 0.129 e. The highest BCUT2D eigenvalue weighted by Gasteiger charge is 2.05. The van der Waals surface area contributed by atoms with Crippen molar-refractivity contribution in [2.75, 3.05) is 0 Å². The number of thiocarbonyl (C=S) groups is 1. The van der Waals surface area contributed by atoms with Crippen LogP contribution in [0.5, 0.6) is 5.75 Å². The largest absolute Gasteiger partial charge is 0.488 e. The van der Waals surface area contributed by atoms with E-state index < -0.39 is 0 Å². The van der Waals surface area contributed by atoms with E-state index in [1.807, 2.05) is 30.3 Å². The molecule has 1 heterocycles. The molecule has 0 aliphatic carbocycles. The molecule has 0 aliphatic rings. The van der Waals surface area contributed by atoms with E-state index in [0.29, 0.717) is 17.3 Å². The molecule has 2 rings (SSSR count). The predicted molar refractivity (Wildman–Crippen MR) is 78.6 cm³/mol. The minimum absolute atomic E-state index is 0.331. The van der Waals surface area contributed by atoms with Crippen molar-refractivity contribution in [1.82, 2.24) is 4.98 Å². The van der Waals surface area contributed by atoms with Crippen molar-refractivity contribution in [3.8, 4) is 5.75 Å². The average Bonchev–Trinajstić information content (AvgIpc) is 2.37. The van der Waals surface area contributed by atoms with E-state index in [9.17, 15) is 0 Å². The molecule has 2 aromatic rings. The molecule has 0 saturated heterocycles. The SMILES string of the molecule is NC(=S)c1ccccc1OCc1cncc(Br)c1. The molecule has 1 aromatic heterocycles. The standard InChI is InChI=1S/C13H11BrN2OS/c14-10-5-9(6-16-7-10)8-17-12-4-2-1-3-11(12)13(15)18/h1-7H,8H2,(H2,15,18). The normalized spacial score (nSPS) is 10.1. The summed E-state index contributed by atoms with van der Waals surface area (Å²) in [4.78, 5) is 4.41. The summed E-state index contributed by atoms with van der Waals surface area (Å²) in [5.74, 6) is 0.685. The van der Waals surface area contributed by atoms with E-state index in [2.05, 4.69) is 20.9 Å². The second-order valence-electron chi connectivity index (χ2n) is 3.66. The van der Waals surface area contributed by atoms with Gasteiger partial charge in [0.25, 0.3) is 0 Å². The second kappa shape index (κ2) is 5.93. The minimum atomic E-state index is 0.331. The number of nitrogens with zero attached hydrogens (tertiary/aromatic N) is 1. The summed E-state index contributed by atoms with van der Waals surface area (Å²) in [6, 6.07) is 9.41. The molecule has 2 N–H and O–H groups in total. The Bertz CT molecular complexity index is 574. The van der Waals surface area contributed by atoms with Crippen LogP contribution in [0.2, 0.25) is 0 Å². The first kappa shape index (κ1) is 13.0. The lowest BCUT2D eigenvalue weighted by atomic mass is 10.2. The van der Waals surface area contributed by atoms with Gasteiger partial charge in [-0.3, -0.25) is 4.98 Å². The molecule has 1 aromatic carbocycles. The van der Waals surface area contributed by atoms with Gasteiger partial charge in [-0.15, -0.1) is 0 Å². The third-order valence-electron chi connectivity index (χ3n) is 2.31. The molecule has 5 heteroatoms. The number of nitrogens with two attached hydrogens (primary N) is 1. The Morgan fingerprint density at radius 1 is 1.33 bits per heavy atom. The van der Waals surface area contributed by atoms with Crippen LogP contribution in [0, 0.1) is 0 Å². The smallest absolute Gasteiger partial charge is 0.129 e. The van der Waals surface area contributed by atoms with E-state index in [0.717, 1.165) is 15.6 Å². The average molecular weight is 323 g/mol. The minimum Gasteiger partial charge on any atom is -0.488 e. The number of halogens is 1. The molecular weight excluding hydrogens is 312 g/mol. The lowest BCUT2D eigenvalue weighted by molar-refractivity contribution is 0.305. The fourth-order valence-corrected chi connectivity index (χ4v) is 2.07. The number of ether oxygens (including phenoxy) is 1. The molecule has 0 unspecified atom stereocenters. The molecule has 0 bridgehead atoms. The van der Waals surface area contributed by atoms with E-state index >= 15 is 0 Å². The lowest BCUT2D eigenvalue weighted by Crippen LogP contribution is -2.11. The zero-order valence-corrected chi connectivity index (χ0v) is 11.9. The van der Waals surface area contributed by atoms with E-state index in [1.165, 1.54) is 0 Å². The molecule has 92 valence electrons.